The van der Waals surface area contributed by atoms with Crippen LogP contribution in [0, 0.1) is 0 Å². The number of nitrogens with zero attached hydrogens (tertiary/aromatic N) is 4. The van der Waals surface area contributed by atoms with E-state index in [0.717, 1.165) is 16.7 Å². The largest absolute Gasteiger partial charge is 0.494 e. The molecule has 0 saturated carbocycles. The summed E-state index contributed by atoms with van der Waals surface area (Å²) in [5, 5.41) is 0.591. The van der Waals surface area contributed by atoms with Crippen molar-refractivity contribution in [1.82, 2.24) is 19.5 Å². The zero-order valence-electron chi connectivity index (χ0n) is 13.5. The van der Waals surface area contributed by atoms with E-state index in [0.29, 0.717) is 17.1 Å². The summed E-state index contributed by atoms with van der Waals surface area (Å²) in [6.07, 6.45) is 3.49. The van der Waals surface area contributed by atoms with Crippen LogP contribution in [-0.4, -0.2) is 38.8 Å². The molecule has 122 valence electrons. The highest BCUT2D eigenvalue weighted by Gasteiger charge is 2.35. The van der Waals surface area contributed by atoms with Crippen molar-refractivity contribution in [2.24, 2.45) is 0 Å². The van der Waals surface area contributed by atoms with Crippen LogP contribution in [0.3, 0.4) is 0 Å². The Kier molecular flexibility index (Phi) is 4.03. The number of benzene rings is 1. The lowest BCUT2D eigenvalue weighted by Crippen LogP contribution is -2.32. The van der Waals surface area contributed by atoms with Gasteiger partial charge >= 0.3 is 7.12 Å². The molecule has 2 unspecified atom stereocenters. The van der Waals surface area contributed by atoms with E-state index < -0.39 is 0 Å². The normalized spacial score (nSPS) is 20.9. The highest BCUT2D eigenvalue weighted by atomic mass is 32.1. The minimum atomic E-state index is -0.280. The van der Waals surface area contributed by atoms with Gasteiger partial charge in [0.05, 0.1) is 25.1 Å². The summed E-state index contributed by atoms with van der Waals surface area (Å²) in [5.41, 5.74) is 3.68. The van der Waals surface area contributed by atoms with Crippen molar-refractivity contribution in [1.29, 1.82) is 0 Å². The molecule has 24 heavy (non-hydrogen) atoms. The van der Waals surface area contributed by atoms with Crippen molar-refractivity contribution in [3.05, 3.63) is 42.5 Å². The van der Waals surface area contributed by atoms with Crippen LogP contribution in [0.4, 0.5) is 0 Å². The van der Waals surface area contributed by atoms with Gasteiger partial charge in [0.2, 0.25) is 0 Å². The van der Waals surface area contributed by atoms with Gasteiger partial charge in [-0.15, -0.1) is 12.6 Å². The number of rotatable bonds is 3. The molecule has 1 aliphatic heterocycles. The van der Waals surface area contributed by atoms with Crippen molar-refractivity contribution in [2.75, 3.05) is 0 Å². The van der Waals surface area contributed by atoms with Crippen LogP contribution in [0.25, 0.3) is 11.2 Å². The number of hydrogen-bond acceptors (Lipinski definition) is 6. The lowest BCUT2D eigenvalue weighted by Gasteiger charge is -2.08. The van der Waals surface area contributed by atoms with Crippen molar-refractivity contribution in [3.8, 4) is 0 Å². The van der Waals surface area contributed by atoms with Gasteiger partial charge in [0.25, 0.3) is 0 Å². The number of imidazole rings is 1. The molecule has 0 spiro atoms. The molecule has 0 amide bonds. The molecule has 3 heterocycles. The van der Waals surface area contributed by atoms with Gasteiger partial charge in [-0.3, -0.25) is 0 Å². The molecule has 4 rings (SSSR count). The van der Waals surface area contributed by atoms with Crippen LogP contribution in [-0.2, 0) is 15.9 Å². The number of hydrogen-bond donors (Lipinski definition) is 1. The van der Waals surface area contributed by atoms with Gasteiger partial charge < -0.3 is 13.9 Å². The first-order valence-electron chi connectivity index (χ1n) is 7.86. The first kappa shape index (κ1) is 15.6. The molecule has 6 nitrogen and oxygen atoms in total. The van der Waals surface area contributed by atoms with Gasteiger partial charge in [0.15, 0.2) is 5.65 Å². The summed E-state index contributed by atoms with van der Waals surface area (Å²) in [6, 6.07) is 8.24. The van der Waals surface area contributed by atoms with Crippen molar-refractivity contribution in [3.63, 3.8) is 0 Å². The molecular weight excluding hydrogens is 323 g/mol. The van der Waals surface area contributed by atoms with E-state index in [1.165, 1.54) is 6.33 Å². The SMILES string of the molecule is CC1OB(c2ccc(Cn3cnc4c(S)ncnc43)cc2)OC1C. The second-order valence-corrected chi connectivity index (χ2v) is 6.42. The molecule has 0 radical (unpaired) electrons. The van der Waals surface area contributed by atoms with Gasteiger partial charge in [-0.05, 0) is 24.9 Å². The Hall–Kier alpha value is -1.90. The Bertz CT molecular complexity index is 860. The first-order chi connectivity index (χ1) is 11.6. The maximum atomic E-state index is 5.81. The molecule has 1 saturated heterocycles. The fourth-order valence-corrected chi connectivity index (χ4v) is 2.97. The van der Waals surface area contributed by atoms with Crippen molar-refractivity contribution >= 4 is 36.4 Å². The van der Waals surface area contributed by atoms with E-state index in [1.807, 2.05) is 30.5 Å². The van der Waals surface area contributed by atoms with Crippen molar-refractivity contribution < 1.29 is 9.31 Å². The molecule has 1 aliphatic rings. The van der Waals surface area contributed by atoms with Crippen LogP contribution in [0.1, 0.15) is 19.4 Å². The molecule has 1 fully saturated rings. The number of fused-ring (bicyclic) bond motifs is 1. The maximum Gasteiger partial charge on any atom is 0.494 e. The van der Waals surface area contributed by atoms with E-state index in [4.69, 9.17) is 9.31 Å². The van der Waals surface area contributed by atoms with Gasteiger partial charge in [-0.2, -0.15) is 0 Å². The Labute approximate surface area is 145 Å². The third-order valence-corrected chi connectivity index (χ3v) is 4.65. The van der Waals surface area contributed by atoms with Gasteiger partial charge in [0, 0.05) is 0 Å². The van der Waals surface area contributed by atoms with Crippen LogP contribution in [0.2, 0.25) is 0 Å². The predicted molar refractivity (Wildman–Crippen MR) is 94.6 cm³/mol. The molecule has 0 bridgehead atoms. The highest BCUT2D eigenvalue weighted by Crippen LogP contribution is 2.18. The fraction of sp³-hybridized carbons (Fsp3) is 0.312. The summed E-state index contributed by atoms with van der Waals surface area (Å²) < 4.78 is 13.6. The standard InChI is InChI=1S/C16H17BN4O2S/c1-10-11(2)23-17(22-10)13-5-3-12(4-6-13)7-21-9-20-14-15(21)18-8-19-16(14)24/h3-6,8-11H,7H2,1-2H3,(H,18,19,24). The van der Waals surface area contributed by atoms with Crippen molar-refractivity contribution in [2.45, 2.75) is 37.6 Å². The smallest absolute Gasteiger partial charge is 0.402 e. The Morgan fingerprint density at radius 3 is 2.50 bits per heavy atom. The average molecular weight is 340 g/mol. The molecule has 3 aromatic rings. The lowest BCUT2D eigenvalue weighted by atomic mass is 9.79. The molecule has 0 N–H and O–H groups in total. The Morgan fingerprint density at radius 2 is 1.79 bits per heavy atom. The third-order valence-electron chi connectivity index (χ3n) is 4.32. The van der Waals surface area contributed by atoms with Gasteiger partial charge in [0.1, 0.15) is 16.9 Å². The Balaban J connectivity index is 1.54. The van der Waals surface area contributed by atoms with E-state index in [1.54, 1.807) is 6.33 Å². The quantitative estimate of drug-likeness (QED) is 0.447. The minimum Gasteiger partial charge on any atom is -0.402 e. The average Bonchev–Trinajstić information content (AvgIpc) is 3.14. The highest BCUT2D eigenvalue weighted by molar-refractivity contribution is 7.80. The summed E-state index contributed by atoms with van der Waals surface area (Å²) in [5.74, 6) is 0. The topological polar surface area (TPSA) is 62.1 Å². The molecular formula is C16H17BN4O2S. The zero-order chi connectivity index (χ0) is 16.7. The van der Waals surface area contributed by atoms with Gasteiger partial charge in [-0.1, -0.05) is 24.3 Å². The number of aromatic nitrogens is 4. The summed E-state index contributed by atoms with van der Waals surface area (Å²) in [4.78, 5) is 12.7. The summed E-state index contributed by atoms with van der Waals surface area (Å²) >= 11 is 4.31. The minimum absolute atomic E-state index is 0.113. The monoisotopic (exact) mass is 340 g/mol. The van der Waals surface area contributed by atoms with Crippen LogP contribution in [0.15, 0.2) is 41.9 Å². The third kappa shape index (κ3) is 2.81. The lowest BCUT2D eigenvalue weighted by molar-refractivity contribution is 0.187. The molecule has 2 atom stereocenters. The zero-order valence-corrected chi connectivity index (χ0v) is 14.4. The second-order valence-electron chi connectivity index (χ2n) is 6.00. The van der Waals surface area contributed by atoms with E-state index >= 15 is 0 Å². The van der Waals surface area contributed by atoms with E-state index in [2.05, 4.69) is 39.7 Å². The maximum absolute atomic E-state index is 5.81. The van der Waals surface area contributed by atoms with E-state index in [-0.39, 0.29) is 19.3 Å². The molecule has 8 heteroatoms. The molecule has 2 aromatic heterocycles. The number of thiol groups is 1. The molecule has 1 aromatic carbocycles. The predicted octanol–water partition coefficient (Wildman–Crippen LogP) is 1.68. The fourth-order valence-electron chi connectivity index (χ4n) is 2.76. The van der Waals surface area contributed by atoms with Crippen LogP contribution in [0.5, 0.6) is 0 Å². The second kappa shape index (κ2) is 6.20. The first-order valence-corrected chi connectivity index (χ1v) is 8.31. The Morgan fingerprint density at radius 1 is 1.08 bits per heavy atom. The van der Waals surface area contributed by atoms with Crippen LogP contribution < -0.4 is 5.46 Å². The summed E-state index contributed by atoms with van der Waals surface area (Å²) in [6.45, 7) is 4.74. The van der Waals surface area contributed by atoms with Gasteiger partial charge in [-0.25, -0.2) is 15.0 Å². The van der Waals surface area contributed by atoms with Crippen LogP contribution >= 0.6 is 12.6 Å². The van der Waals surface area contributed by atoms with E-state index in [9.17, 15) is 0 Å². The molecule has 0 aliphatic carbocycles. The summed E-state index contributed by atoms with van der Waals surface area (Å²) in [7, 11) is -0.280.